The van der Waals surface area contributed by atoms with Gasteiger partial charge in [-0.25, -0.2) is 4.68 Å². The maximum atomic E-state index is 11.9. The fourth-order valence-corrected chi connectivity index (χ4v) is 1.82. The Morgan fingerprint density at radius 2 is 1.95 bits per heavy atom. The maximum Gasteiger partial charge on any atom is 0.269 e. The first-order valence-electron chi connectivity index (χ1n) is 6.55. The number of carbonyl (C=O) groups excluding carboxylic acids is 1. The summed E-state index contributed by atoms with van der Waals surface area (Å²) in [4.78, 5) is 33.4. The van der Waals surface area contributed by atoms with Crippen molar-refractivity contribution in [2.75, 3.05) is 6.54 Å². The SMILES string of the molecule is Cc1ccc(=O)n(CCNC(=O)c2ccc([N+](=O)[O-])cc2)n1. The van der Waals surface area contributed by atoms with E-state index in [1.165, 1.54) is 35.0 Å². The Labute approximate surface area is 125 Å². The van der Waals surface area contributed by atoms with Crippen molar-refractivity contribution in [3.8, 4) is 0 Å². The fraction of sp³-hybridized carbons (Fsp3) is 0.214. The zero-order valence-electron chi connectivity index (χ0n) is 11.9. The van der Waals surface area contributed by atoms with Crippen LogP contribution in [0.15, 0.2) is 41.2 Å². The summed E-state index contributed by atoms with van der Waals surface area (Å²) in [5.74, 6) is -0.365. The van der Waals surface area contributed by atoms with Crippen LogP contribution in [0.3, 0.4) is 0 Å². The first kappa shape index (κ1) is 15.4. The lowest BCUT2D eigenvalue weighted by atomic mass is 10.2. The predicted octanol–water partition coefficient (Wildman–Crippen LogP) is 0.890. The number of aryl methyl sites for hydroxylation is 1. The van der Waals surface area contributed by atoms with Gasteiger partial charge in [-0.3, -0.25) is 19.7 Å². The molecule has 0 fully saturated rings. The van der Waals surface area contributed by atoms with E-state index in [4.69, 9.17) is 0 Å². The fourth-order valence-electron chi connectivity index (χ4n) is 1.82. The normalized spacial score (nSPS) is 10.2. The van der Waals surface area contributed by atoms with Crippen molar-refractivity contribution in [3.63, 3.8) is 0 Å². The monoisotopic (exact) mass is 302 g/mol. The topological polar surface area (TPSA) is 107 Å². The minimum Gasteiger partial charge on any atom is -0.350 e. The Morgan fingerprint density at radius 1 is 1.27 bits per heavy atom. The Bertz CT molecular complexity index is 752. The average molecular weight is 302 g/mol. The molecule has 0 bridgehead atoms. The van der Waals surface area contributed by atoms with E-state index in [9.17, 15) is 19.7 Å². The van der Waals surface area contributed by atoms with Gasteiger partial charge in [-0.1, -0.05) is 0 Å². The number of hydrogen-bond acceptors (Lipinski definition) is 5. The molecule has 1 heterocycles. The van der Waals surface area contributed by atoms with Crippen molar-refractivity contribution in [1.82, 2.24) is 15.1 Å². The zero-order valence-corrected chi connectivity index (χ0v) is 11.9. The molecule has 0 saturated heterocycles. The van der Waals surface area contributed by atoms with Gasteiger partial charge in [0.05, 0.1) is 17.2 Å². The van der Waals surface area contributed by atoms with Crippen LogP contribution in [0.4, 0.5) is 5.69 Å². The van der Waals surface area contributed by atoms with Gasteiger partial charge >= 0.3 is 0 Å². The van der Waals surface area contributed by atoms with E-state index in [0.29, 0.717) is 11.3 Å². The van der Waals surface area contributed by atoms with Gasteiger partial charge in [0.2, 0.25) is 0 Å². The number of nitro groups is 1. The molecule has 114 valence electrons. The maximum absolute atomic E-state index is 11.9. The van der Waals surface area contributed by atoms with E-state index < -0.39 is 4.92 Å². The molecule has 0 aliphatic heterocycles. The molecule has 2 rings (SSSR count). The van der Waals surface area contributed by atoms with E-state index in [0.717, 1.165) is 0 Å². The van der Waals surface area contributed by atoms with Crippen LogP contribution in [0.2, 0.25) is 0 Å². The van der Waals surface area contributed by atoms with Gasteiger partial charge in [-0.15, -0.1) is 0 Å². The van der Waals surface area contributed by atoms with Crippen molar-refractivity contribution < 1.29 is 9.72 Å². The molecule has 1 N–H and O–H groups in total. The van der Waals surface area contributed by atoms with Crippen molar-refractivity contribution in [2.24, 2.45) is 0 Å². The standard InChI is InChI=1S/C14H14N4O4/c1-10-2-7-13(19)17(16-10)9-8-15-14(20)11-3-5-12(6-4-11)18(21)22/h2-7H,8-9H2,1H3,(H,15,20). The van der Waals surface area contributed by atoms with Gasteiger partial charge in [0.15, 0.2) is 0 Å². The minimum atomic E-state index is -0.530. The number of nitrogens with zero attached hydrogens (tertiary/aromatic N) is 3. The number of non-ortho nitro benzene ring substituents is 1. The van der Waals surface area contributed by atoms with Crippen molar-refractivity contribution in [1.29, 1.82) is 0 Å². The van der Waals surface area contributed by atoms with Gasteiger partial charge in [-0.05, 0) is 25.1 Å². The van der Waals surface area contributed by atoms with E-state index in [-0.39, 0.29) is 30.2 Å². The minimum absolute atomic E-state index is 0.0768. The van der Waals surface area contributed by atoms with Crippen LogP contribution >= 0.6 is 0 Å². The summed E-state index contributed by atoms with van der Waals surface area (Å²) < 4.78 is 1.27. The molecule has 0 radical (unpaired) electrons. The molecule has 1 amide bonds. The van der Waals surface area contributed by atoms with Crippen LogP contribution in [0, 0.1) is 17.0 Å². The third-order valence-corrected chi connectivity index (χ3v) is 2.95. The lowest BCUT2D eigenvalue weighted by molar-refractivity contribution is -0.384. The van der Waals surface area contributed by atoms with Gasteiger partial charge in [0.25, 0.3) is 17.2 Å². The molecule has 1 aromatic carbocycles. The number of amides is 1. The van der Waals surface area contributed by atoms with Gasteiger partial charge in [0.1, 0.15) is 0 Å². The molecule has 0 atom stereocenters. The largest absolute Gasteiger partial charge is 0.350 e. The highest BCUT2D eigenvalue weighted by Crippen LogP contribution is 2.11. The number of rotatable bonds is 5. The number of carbonyl (C=O) groups is 1. The summed E-state index contributed by atoms with van der Waals surface area (Å²) in [6.07, 6.45) is 0. The predicted molar refractivity (Wildman–Crippen MR) is 78.7 cm³/mol. The Balaban J connectivity index is 1.94. The molecule has 2 aromatic rings. The van der Waals surface area contributed by atoms with E-state index in [1.807, 2.05) is 0 Å². The summed E-state index contributed by atoms with van der Waals surface area (Å²) in [7, 11) is 0. The van der Waals surface area contributed by atoms with E-state index >= 15 is 0 Å². The first-order chi connectivity index (χ1) is 10.5. The number of nitrogens with one attached hydrogen (secondary N) is 1. The molecule has 0 aliphatic carbocycles. The number of benzene rings is 1. The number of aromatic nitrogens is 2. The molecule has 1 aromatic heterocycles. The number of hydrogen-bond donors (Lipinski definition) is 1. The van der Waals surface area contributed by atoms with Crippen LogP contribution in [0.5, 0.6) is 0 Å². The van der Waals surface area contributed by atoms with Crippen molar-refractivity contribution >= 4 is 11.6 Å². The summed E-state index contributed by atoms with van der Waals surface area (Å²) >= 11 is 0. The van der Waals surface area contributed by atoms with Crippen molar-refractivity contribution in [2.45, 2.75) is 13.5 Å². The van der Waals surface area contributed by atoms with E-state index in [1.54, 1.807) is 13.0 Å². The van der Waals surface area contributed by atoms with Gasteiger partial charge < -0.3 is 5.32 Å². The third-order valence-electron chi connectivity index (χ3n) is 2.95. The molecule has 8 heteroatoms. The summed E-state index contributed by atoms with van der Waals surface area (Å²) in [5, 5.41) is 17.2. The second-order valence-electron chi connectivity index (χ2n) is 4.60. The van der Waals surface area contributed by atoms with Crippen LogP contribution in [-0.2, 0) is 6.54 Å². The molecule has 8 nitrogen and oxygen atoms in total. The highest BCUT2D eigenvalue weighted by Gasteiger charge is 2.09. The molecular weight excluding hydrogens is 288 g/mol. The van der Waals surface area contributed by atoms with Gasteiger partial charge in [-0.2, -0.15) is 5.10 Å². The lowest BCUT2D eigenvalue weighted by Crippen LogP contribution is -2.32. The van der Waals surface area contributed by atoms with E-state index in [2.05, 4.69) is 10.4 Å². The van der Waals surface area contributed by atoms with Crippen molar-refractivity contribution in [3.05, 3.63) is 68.1 Å². The molecule has 22 heavy (non-hydrogen) atoms. The Hall–Kier alpha value is -3.03. The van der Waals surface area contributed by atoms with Crippen LogP contribution in [-0.4, -0.2) is 27.2 Å². The molecule has 0 aliphatic rings. The highest BCUT2D eigenvalue weighted by atomic mass is 16.6. The van der Waals surface area contributed by atoms with Gasteiger partial charge in [0, 0.05) is 30.3 Å². The second kappa shape index (κ2) is 6.61. The summed E-state index contributed by atoms with van der Waals surface area (Å²) in [6, 6.07) is 8.33. The first-order valence-corrected chi connectivity index (χ1v) is 6.55. The summed E-state index contributed by atoms with van der Waals surface area (Å²) in [6.45, 7) is 2.25. The Kier molecular flexibility index (Phi) is 4.62. The molecule has 0 spiro atoms. The highest BCUT2D eigenvalue weighted by molar-refractivity contribution is 5.94. The van der Waals surface area contributed by atoms with Crippen LogP contribution in [0.25, 0.3) is 0 Å². The van der Waals surface area contributed by atoms with Crippen LogP contribution < -0.4 is 10.9 Å². The average Bonchev–Trinajstić information content (AvgIpc) is 2.50. The smallest absolute Gasteiger partial charge is 0.269 e. The lowest BCUT2D eigenvalue weighted by Gasteiger charge is -2.07. The second-order valence-corrected chi connectivity index (χ2v) is 4.60. The third kappa shape index (κ3) is 3.75. The molecular formula is C14H14N4O4. The Morgan fingerprint density at radius 3 is 2.59 bits per heavy atom. The summed E-state index contributed by atoms with van der Waals surface area (Å²) in [5.41, 5.74) is 0.707. The quantitative estimate of drug-likeness (QED) is 0.652. The zero-order chi connectivity index (χ0) is 16.1. The molecule has 0 saturated carbocycles. The molecule has 0 unspecified atom stereocenters. The number of nitro benzene ring substituents is 1. The van der Waals surface area contributed by atoms with Crippen LogP contribution in [0.1, 0.15) is 16.1 Å².